The third kappa shape index (κ3) is 3.08. The van der Waals surface area contributed by atoms with Crippen LogP contribution in [0.2, 0.25) is 0 Å². The zero-order valence-corrected chi connectivity index (χ0v) is 10.3. The van der Waals surface area contributed by atoms with Crippen LogP contribution in [0, 0.1) is 18.3 Å². The van der Waals surface area contributed by atoms with Crippen LogP contribution in [0.4, 0.5) is 5.82 Å². The van der Waals surface area contributed by atoms with Gasteiger partial charge >= 0.3 is 0 Å². The normalized spacial score (nSPS) is 10.0. The molecule has 0 radical (unpaired) electrons. The SMILES string of the molecule is Cc1nc(NCCCn2ccnc2)ccc1C#N. The lowest BCUT2D eigenvalue weighted by Gasteiger charge is -2.07. The molecule has 0 aliphatic carbocycles. The summed E-state index contributed by atoms with van der Waals surface area (Å²) in [6.45, 7) is 3.62. The summed E-state index contributed by atoms with van der Waals surface area (Å²) in [6, 6.07) is 5.74. The number of anilines is 1. The van der Waals surface area contributed by atoms with Gasteiger partial charge in [-0.3, -0.25) is 0 Å². The summed E-state index contributed by atoms with van der Waals surface area (Å²) in [4.78, 5) is 8.32. The summed E-state index contributed by atoms with van der Waals surface area (Å²) in [7, 11) is 0. The molecule has 2 aromatic rings. The zero-order valence-electron chi connectivity index (χ0n) is 10.3. The number of hydrogen-bond acceptors (Lipinski definition) is 4. The Morgan fingerprint density at radius 1 is 1.44 bits per heavy atom. The second-order valence-electron chi connectivity index (χ2n) is 4.02. The molecule has 92 valence electrons. The van der Waals surface area contributed by atoms with E-state index >= 15 is 0 Å². The summed E-state index contributed by atoms with van der Waals surface area (Å²) in [5.41, 5.74) is 1.39. The first-order valence-corrected chi connectivity index (χ1v) is 5.87. The van der Waals surface area contributed by atoms with E-state index in [0.717, 1.165) is 31.0 Å². The Labute approximate surface area is 106 Å². The van der Waals surface area contributed by atoms with Gasteiger partial charge in [-0.2, -0.15) is 5.26 Å². The van der Waals surface area contributed by atoms with Crippen LogP contribution < -0.4 is 5.32 Å². The number of aromatic nitrogens is 3. The van der Waals surface area contributed by atoms with Crippen molar-refractivity contribution in [1.29, 1.82) is 5.26 Å². The van der Waals surface area contributed by atoms with Crippen LogP contribution in [0.15, 0.2) is 30.9 Å². The smallest absolute Gasteiger partial charge is 0.126 e. The molecule has 5 nitrogen and oxygen atoms in total. The Bertz CT molecular complexity index is 539. The third-order valence-electron chi connectivity index (χ3n) is 2.66. The molecule has 2 rings (SSSR count). The van der Waals surface area contributed by atoms with E-state index < -0.39 is 0 Å². The van der Waals surface area contributed by atoms with Gasteiger partial charge in [0.2, 0.25) is 0 Å². The highest BCUT2D eigenvalue weighted by Gasteiger charge is 2.00. The predicted octanol–water partition coefficient (Wildman–Crippen LogP) is 1.96. The summed E-state index contributed by atoms with van der Waals surface area (Å²) in [5.74, 6) is 0.817. The van der Waals surface area contributed by atoms with Crippen LogP contribution >= 0.6 is 0 Å². The van der Waals surface area contributed by atoms with Crippen molar-refractivity contribution in [3.63, 3.8) is 0 Å². The lowest BCUT2D eigenvalue weighted by molar-refractivity contribution is 0.660. The van der Waals surface area contributed by atoms with Gasteiger partial charge in [-0.1, -0.05) is 0 Å². The zero-order chi connectivity index (χ0) is 12.8. The molecule has 0 saturated carbocycles. The lowest BCUT2D eigenvalue weighted by Crippen LogP contribution is -2.07. The van der Waals surface area contributed by atoms with Crippen molar-refractivity contribution in [3.05, 3.63) is 42.1 Å². The molecule has 5 heteroatoms. The number of nitrogens with zero attached hydrogens (tertiary/aromatic N) is 4. The molecule has 1 N–H and O–H groups in total. The number of aryl methyl sites for hydroxylation is 2. The fourth-order valence-corrected chi connectivity index (χ4v) is 1.67. The standard InChI is InChI=1S/C13H15N5/c1-11-12(9-14)3-4-13(17-11)16-5-2-7-18-8-6-15-10-18/h3-4,6,8,10H,2,5,7H2,1H3,(H,16,17). The summed E-state index contributed by atoms with van der Waals surface area (Å²) >= 11 is 0. The van der Waals surface area contributed by atoms with E-state index in [2.05, 4.69) is 21.4 Å². The number of hydrogen-bond donors (Lipinski definition) is 1. The maximum Gasteiger partial charge on any atom is 0.126 e. The highest BCUT2D eigenvalue weighted by Crippen LogP contribution is 2.09. The van der Waals surface area contributed by atoms with Gasteiger partial charge in [0.15, 0.2) is 0 Å². The van der Waals surface area contributed by atoms with E-state index in [1.807, 2.05) is 30.1 Å². The first kappa shape index (κ1) is 12.1. The molecule has 2 aromatic heterocycles. The van der Waals surface area contributed by atoms with Gasteiger partial charge in [-0.05, 0) is 25.5 Å². The third-order valence-corrected chi connectivity index (χ3v) is 2.66. The number of nitriles is 1. The molecule has 0 saturated heterocycles. The van der Waals surface area contributed by atoms with E-state index in [1.165, 1.54) is 0 Å². The van der Waals surface area contributed by atoms with Crippen molar-refractivity contribution in [2.45, 2.75) is 19.9 Å². The van der Waals surface area contributed by atoms with Gasteiger partial charge < -0.3 is 9.88 Å². The summed E-state index contributed by atoms with van der Waals surface area (Å²) in [5, 5.41) is 12.1. The monoisotopic (exact) mass is 241 g/mol. The molecule has 0 amide bonds. The second kappa shape index (κ2) is 5.82. The van der Waals surface area contributed by atoms with Crippen LogP contribution in [0.5, 0.6) is 0 Å². The molecule has 0 unspecified atom stereocenters. The second-order valence-corrected chi connectivity index (χ2v) is 4.02. The van der Waals surface area contributed by atoms with Gasteiger partial charge in [0, 0.05) is 25.5 Å². The van der Waals surface area contributed by atoms with Gasteiger partial charge in [-0.15, -0.1) is 0 Å². The molecule has 0 aliphatic heterocycles. The van der Waals surface area contributed by atoms with Crippen molar-refractivity contribution < 1.29 is 0 Å². The van der Waals surface area contributed by atoms with Gasteiger partial charge in [0.25, 0.3) is 0 Å². The highest BCUT2D eigenvalue weighted by molar-refractivity contribution is 5.42. The van der Waals surface area contributed by atoms with Crippen molar-refractivity contribution >= 4 is 5.82 Å². The van der Waals surface area contributed by atoms with Crippen LogP contribution in [0.1, 0.15) is 17.7 Å². The minimum absolute atomic E-state index is 0.624. The molecule has 2 heterocycles. The van der Waals surface area contributed by atoms with E-state index in [-0.39, 0.29) is 0 Å². The fraction of sp³-hybridized carbons (Fsp3) is 0.308. The molecular weight excluding hydrogens is 226 g/mol. The minimum Gasteiger partial charge on any atom is -0.370 e. The minimum atomic E-state index is 0.624. The number of pyridine rings is 1. The fourth-order valence-electron chi connectivity index (χ4n) is 1.67. The Kier molecular flexibility index (Phi) is 3.92. The predicted molar refractivity (Wildman–Crippen MR) is 69.0 cm³/mol. The number of rotatable bonds is 5. The molecule has 0 bridgehead atoms. The van der Waals surface area contributed by atoms with Crippen LogP contribution in [0.3, 0.4) is 0 Å². The van der Waals surface area contributed by atoms with Crippen molar-refractivity contribution in [2.24, 2.45) is 0 Å². The first-order chi connectivity index (χ1) is 8.79. The lowest BCUT2D eigenvalue weighted by atomic mass is 10.2. The molecule has 0 atom stereocenters. The quantitative estimate of drug-likeness (QED) is 0.813. The topological polar surface area (TPSA) is 66.5 Å². The van der Waals surface area contributed by atoms with Gasteiger partial charge in [0.05, 0.1) is 17.6 Å². The molecule has 0 spiro atoms. The van der Waals surface area contributed by atoms with Gasteiger partial charge in [-0.25, -0.2) is 9.97 Å². The summed E-state index contributed by atoms with van der Waals surface area (Å²) < 4.78 is 2.04. The summed E-state index contributed by atoms with van der Waals surface area (Å²) in [6.07, 6.45) is 6.53. The van der Waals surface area contributed by atoms with Crippen LogP contribution in [0.25, 0.3) is 0 Å². The molecule has 0 aromatic carbocycles. The Balaban J connectivity index is 1.80. The maximum atomic E-state index is 8.81. The van der Waals surface area contributed by atoms with Crippen LogP contribution in [-0.2, 0) is 6.54 Å². The van der Waals surface area contributed by atoms with E-state index in [1.54, 1.807) is 12.3 Å². The molecule has 18 heavy (non-hydrogen) atoms. The van der Waals surface area contributed by atoms with Gasteiger partial charge in [0.1, 0.15) is 11.9 Å². The van der Waals surface area contributed by atoms with E-state index in [4.69, 9.17) is 5.26 Å². The highest BCUT2D eigenvalue weighted by atomic mass is 15.0. The average Bonchev–Trinajstić information content (AvgIpc) is 2.88. The van der Waals surface area contributed by atoms with E-state index in [9.17, 15) is 0 Å². The number of imidazole rings is 1. The Hall–Kier alpha value is -2.35. The van der Waals surface area contributed by atoms with E-state index in [0.29, 0.717) is 5.56 Å². The number of nitrogens with one attached hydrogen (secondary N) is 1. The van der Waals surface area contributed by atoms with Crippen molar-refractivity contribution in [1.82, 2.24) is 14.5 Å². The maximum absolute atomic E-state index is 8.81. The molecule has 0 fully saturated rings. The van der Waals surface area contributed by atoms with Crippen molar-refractivity contribution in [3.8, 4) is 6.07 Å². The van der Waals surface area contributed by atoms with Crippen molar-refractivity contribution in [2.75, 3.05) is 11.9 Å². The first-order valence-electron chi connectivity index (χ1n) is 5.87. The molecular formula is C13H15N5. The Morgan fingerprint density at radius 3 is 3.00 bits per heavy atom. The molecule has 0 aliphatic rings. The van der Waals surface area contributed by atoms with Crippen LogP contribution in [-0.4, -0.2) is 21.1 Å². The Morgan fingerprint density at radius 2 is 2.33 bits per heavy atom. The largest absolute Gasteiger partial charge is 0.370 e. The average molecular weight is 241 g/mol.